The molecule has 0 aliphatic heterocycles. The molecule has 7 heteroatoms. The van der Waals surface area contributed by atoms with Gasteiger partial charge in [-0.05, 0) is 47.1 Å². The predicted octanol–water partition coefficient (Wildman–Crippen LogP) is 3.66. The zero-order chi connectivity index (χ0) is 13.9. The van der Waals surface area contributed by atoms with E-state index in [0.29, 0.717) is 0 Å². The fourth-order valence-electron chi connectivity index (χ4n) is 1.82. The van der Waals surface area contributed by atoms with Crippen LogP contribution in [-0.2, 0) is 0 Å². The molecule has 0 saturated heterocycles. The van der Waals surface area contributed by atoms with Gasteiger partial charge in [-0.25, -0.2) is 14.6 Å². The maximum atomic E-state index is 4.37. The van der Waals surface area contributed by atoms with Crippen LogP contribution < -0.4 is 5.32 Å². The summed E-state index contributed by atoms with van der Waals surface area (Å²) >= 11 is 5.21. The van der Waals surface area contributed by atoms with Gasteiger partial charge in [-0.3, -0.25) is 0 Å². The van der Waals surface area contributed by atoms with Crippen molar-refractivity contribution in [3.05, 3.63) is 51.8 Å². The van der Waals surface area contributed by atoms with E-state index in [4.69, 9.17) is 0 Å². The highest BCUT2D eigenvalue weighted by Crippen LogP contribution is 2.29. The van der Waals surface area contributed by atoms with E-state index >= 15 is 0 Å². The highest BCUT2D eigenvalue weighted by atomic mass is 79.9. The van der Waals surface area contributed by atoms with E-state index in [-0.39, 0.29) is 6.04 Å². The summed E-state index contributed by atoms with van der Waals surface area (Å²) in [5.41, 5.74) is 0.978. The Kier molecular flexibility index (Phi) is 3.79. The lowest BCUT2D eigenvalue weighted by Gasteiger charge is -2.13. The summed E-state index contributed by atoms with van der Waals surface area (Å²) in [6.45, 7) is 2.13. The summed E-state index contributed by atoms with van der Waals surface area (Å²) in [4.78, 5) is 9.54. The van der Waals surface area contributed by atoms with Gasteiger partial charge < -0.3 is 5.32 Å². The van der Waals surface area contributed by atoms with Gasteiger partial charge in [-0.1, -0.05) is 0 Å². The number of anilines is 1. The first kappa shape index (κ1) is 13.3. The minimum absolute atomic E-state index is 0.241. The first-order valence-corrected chi connectivity index (χ1v) is 7.66. The van der Waals surface area contributed by atoms with Crippen LogP contribution in [0.5, 0.6) is 0 Å². The molecule has 0 aromatic carbocycles. The molecule has 102 valence electrons. The van der Waals surface area contributed by atoms with Crippen LogP contribution in [0.3, 0.4) is 0 Å². The molecular weight excluding hydrogens is 338 g/mol. The Morgan fingerprint density at radius 3 is 2.80 bits per heavy atom. The number of nitrogens with zero attached hydrogens (tertiary/aromatic N) is 4. The Hall–Kier alpha value is -1.73. The van der Waals surface area contributed by atoms with Crippen LogP contribution in [0.2, 0.25) is 0 Å². The lowest BCUT2D eigenvalue weighted by molar-refractivity contribution is 0.842. The molecule has 1 unspecified atom stereocenters. The van der Waals surface area contributed by atoms with Gasteiger partial charge in [-0.2, -0.15) is 5.10 Å². The van der Waals surface area contributed by atoms with Gasteiger partial charge in [0.1, 0.15) is 12.7 Å². The monoisotopic (exact) mass is 349 g/mol. The van der Waals surface area contributed by atoms with Crippen molar-refractivity contribution in [3.8, 4) is 5.82 Å². The molecule has 0 amide bonds. The molecule has 5 nitrogen and oxygen atoms in total. The molecule has 1 atom stereocenters. The van der Waals surface area contributed by atoms with Gasteiger partial charge in [0.15, 0.2) is 5.82 Å². The highest BCUT2D eigenvalue weighted by molar-refractivity contribution is 9.11. The smallest absolute Gasteiger partial charge is 0.155 e. The van der Waals surface area contributed by atoms with Crippen molar-refractivity contribution in [2.45, 2.75) is 13.0 Å². The number of rotatable bonds is 4. The molecule has 1 N–H and O–H groups in total. The average Bonchev–Trinajstić information content (AvgIpc) is 3.10. The largest absolute Gasteiger partial charge is 0.376 e. The molecule has 0 fully saturated rings. The zero-order valence-electron chi connectivity index (χ0n) is 10.7. The van der Waals surface area contributed by atoms with Gasteiger partial charge in [0.25, 0.3) is 0 Å². The van der Waals surface area contributed by atoms with Crippen molar-refractivity contribution in [3.63, 3.8) is 0 Å². The second kappa shape index (κ2) is 5.72. The summed E-state index contributed by atoms with van der Waals surface area (Å²) in [5.74, 6) is 0.750. The predicted molar refractivity (Wildman–Crippen MR) is 83.2 cm³/mol. The molecule has 0 aliphatic carbocycles. The van der Waals surface area contributed by atoms with Crippen LogP contribution in [0.1, 0.15) is 17.8 Å². The van der Waals surface area contributed by atoms with Gasteiger partial charge in [0.2, 0.25) is 0 Å². The minimum atomic E-state index is 0.241. The molecule has 0 saturated carbocycles. The zero-order valence-corrected chi connectivity index (χ0v) is 13.1. The number of hydrogen-bond donors (Lipinski definition) is 1. The van der Waals surface area contributed by atoms with Gasteiger partial charge in [-0.15, -0.1) is 11.3 Å². The third kappa shape index (κ3) is 2.88. The summed E-state index contributed by atoms with van der Waals surface area (Å²) < 4.78 is 2.77. The van der Waals surface area contributed by atoms with Crippen molar-refractivity contribution in [1.29, 1.82) is 0 Å². The Morgan fingerprint density at radius 1 is 1.30 bits per heavy atom. The average molecular weight is 350 g/mol. The second-order valence-corrected chi connectivity index (χ2v) is 6.75. The van der Waals surface area contributed by atoms with Crippen LogP contribution in [0.15, 0.2) is 46.9 Å². The van der Waals surface area contributed by atoms with E-state index in [1.54, 1.807) is 28.5 Å². The Bertz CT molecular complexity index is 677. The van der Waals surface area contributed by atoms with E-state index in [1.807, 2.05) is 12.1 Å². The van der Waals surface area contributed by atoms with E-state index < -0.39 is 0 Å². The number of thiophene rings is 1. The molecular formula is C13H12BrN5S. The second-order valence-electron chi connectivity index (χ2n) is 4.25. The maximum Gasteiger partial charge on any atom is 0.155 e. The normalized spacial score (nSPS) is 12.3. The minimum Gasteiger partial charge on any atom is -0.376 e. The van der Waals surface area contributed by atoms with Gasteiger partial charge in [0.05, 0.1) is 21.7 Å². The summed E-state index contributed by atoms with van der Waals surface area (Å²) in [6, 6.07) is 8.32. The number of hydrogen-bond acceptors (Lipinski definition) is 5. The van der Waals surface area contributed by atoms with Crippen LogP contribution in [0.25, 0.3) is 5.82 Å². The van der Waals surface area contributed by atoms with Crippen molar-refractivity contribution in [2.24, 2.45) is 0 Å². The van der Waals surface area contributed by atoms with E-state index in [1.165, 1.54) is 11.2 Å². The molecule has 20 heavy (non-hydrogen) atoms. The van der Waals surface area contributed by atoms with E-state index in [9.17, 15) is 0 Å². The molecule has 3 heterocycles. The fraction of sp³-hybridized carbons (Fsp3) is 0.154. The number of halogens is 1. The van der Waals surface area contributed by atoms with Crippen LogP contribution >= 0.6 is 27.3 Å². The first-order chi connectivity index (χ1) is 9.72. The summed E-state index contributed by atoms with van der Waals surface area (Å²) in [7, 11) is 0. The molecule has 3 rings (SSSR count). The van der Waals surface area contributed by atoms with Crippen LogP contribution in [0.4, 0.5) is 5.69 Å². The van der Waals surface area contributed by atoms with Crippen molar-refractivity contribution in [1.82, 2.24) is 19.7 Å². The Balaban J connectivity index is 1.72. The Labute approximate surface area is 128 Å². The third-order valence-corrected chi connectivity index (χ3v) is 4.61. The van der Waals surface area contributed by atoms with Gasteiger partial charge >= 0.3 is 0 Å². The third-order valence-electron chi connectivity index (χ3n) is 2.81. The van der Waals surface area contributed by atoms with Crippen LogP contribution in [-0.4, -0.2) is 19.7 Å². The molecule has 0 aliphatic rings. The molecule has 3 aromatic heterocycles. The van der Waals surface area contributed by atoms with Crippen molar-refractivity contribution >= 4 is 33.0 Å². The maximum absolute atomic E-state index is 4.37. The topological polar surface area (TPSA) is 55.6 Å². The van der Waals surface area contributed by atoms with E-state index in [0.717, 1.165) is 15.3 Å². The number of nitrogens with one attached hydrogen (secondary N) is 1. The molecule has 0 bridgehead atoms. The Morgan fingerprint density at radius 2 is 2.20 bits per heavy atom. The summed E-state index contributed by atoms with van der Waals surface area (Å²) in [6.07, 6.45) is 4.92. The summed E-state index contributed by atoms with van der Waals surface area (Å²) in [5, 5.41) is 7.47. The number of aromatic nitrogens is 4. The van der Waals surface area contributed by atoms with Crippen molar-refractivity contribution in [2.75, 3.05) is 5.32 Å². The van der Waals surface area contributed by atoms with Gasteiger partial charge in [0, 0.05) is 4.88 Å². The lowest BCUT2D eigenvalue weighted by atomic mass is 10.2. The number of pyridine rings is 1. The molecule has 3 aromatic rings. The lowest BCUT2D eigenvalue weighted by Crippen LogP contribution is -2.06. The fourth-order valence-corrected chi connectivity index (χ4v) is 3.24. The molecule has 0 spiro atoms. The standard InChI is InChI=1S/C13H12BrN5S/c1-9(11-3-4-12(14)20-11)18-10-2-5-13(16-6-10)19-8-15-7-17-19/h2-9,18H,1H3. The van der Waals surface area contributed by atoms with Crippen molar-refractivity contribution < 1.29 is 0 Å². The first-order valence-electron chi connectivity index (χ1n) is 6.05. The van der Waals surface area contributed by atoms with E-state index in [2.05, 4.69) is 55.4 Å². The van der Waals surface area contributed by atoms with Crippen LogP contribution in [0, 0.1) is 0 Å². The quantitative estimate of drug-likeness (QED) is 0.780. The molecule has 0 radical (unpaired) electrons. The highest BCUT2D eigenvalue weighted by Gasteiger charge is 2.08. The SMILES string of the molecule is CC(Nc1ccc(-n2cncn2)nc1)c1ccc(Br)s1.